The number of nitrogens with zero attached hydrogens (tertiary/aromatic N) is 3. The summed E-state index contributed by atoms with van der Waals surface area (Å²) in [6.45, 7) is 4.46. The van der Waals surface area contributed by atoms with E-state index in [1.54, 1.807) is 6.07 Å². The lowest BCUT2D eigenvalue weighted by Crippen LogP contribution is -2.43. The molecule has 25 heavy (non-hydrogen) atoms. The zero-order valence-electron chi connectivity index (χ0n) is 14.2. The van der Waals surface area contributed by atoms with Crippen LogP contribution in [0.1, 0.15) is 24.1 Å². The summed E-state index contributed by atoms with van der Waals surface area (Å²) in [5.74, 6) is -0.350. The van der Waals surface area contributed by atoms with E-state index in [0.717, 1.165) is 44.4 Å². The van der Waals surface area contributed by atoms with Crippen molar-refractivity contribution < 1.29 is 8.78 Å². The predicted molar refractivity (Wildman–Crippen MR) is 92.8 cm³/mol. The molecular formula is C20H23F2N3. The van der Waals surface area contributed by atoms with Crippen LogP contribution in [-0.2, 0) is 13.1 Å². The summed E-state index contributed by atoms with van der Waals surface area (Å²) < 4.78 is 27.2. The quantitative estimate of drug-likeness (QED) is 0.848. The fourth-order valence-corrected chi connectivity index (χ4v) is 4.19. The lowest BCUT2D eigenvalue weighted by Gasteiger charge is -2.36. The topological polar surface area (TPSA) is 19.4 Å². The van der Waals surface area contributed by atoms with E-state index < -0.39 is 11.6 Å². The highest BCUT2D eigenvalue weighted by Gasteiger charge is 2.35. The first-order valence-electron chi connectivity index (χ1n) is 8.97. The van der Waals surface area contributed by atoms with Crippen molar-refractivity contribution >= 4 is 0 Å². The molecule has 0 aliphatic carbocycles. The molecule has 1 aromatic heterocycles. The van der Waals surface area contributed by atoms with Crippen LogP contribution in [0.5, 0.6) is 0 Å². The molecule has 4 heterocycles. The summed E-state index contributed by atoms with van der Waals surface area (Å²) >= 11 is 0. The Morgan fingerprint density at radius 3 is 2.72 bits per heavy atom. The maximum absolute atomic E-state index is 14.0. The van der Waals surface area contributed by atoms with Gasteiger partial charge < -0.3 is 0 Å². The van der Waals surface area contributed by atoms with E-state index in [1.807, 2.05) is 18.3 Å². The SMILES string of the molecule is Fc1ccc(CN2C[C@H]3CC[C@@H]2CN(Cc2ccccn2)C3)c(F)c1. The van der Waals surface area contributed by atoms with Crippen molar-refractivity contribution in [3.63, 3.8) is 0 Å². The van der Waals surface area contributed by atoms with Crippen LogP contribution in [0.4, 0.5) is 8.78 Å². The molecule has 5 rings (SSSR count). The van der Waals surface area contributed by atoms with E-state index in [2.05, 4.69) is 20.9 Å². The van der Waals surface area contributed by atoms with Gasteiger partial charge in [0, 0.05) is 56.6 Å². The summed E-state index contributed by atoms with van der Waals surface area (Å²) in [5.41, 5.74) is 1.69. The van der Waals surface area contributed by atoms with Crippen molar-refractivity contribution in [1.82, 2.24) is 14.8 Å². The third kappa shape index (κ3) is 3.88. The van der Waals surface area contributed by atoms with Crippen LogP contribution in [0.3, 0.4) is 0 Å². The Balaban J connectivity index is 1.46. The summed E-state index contributed by atoms with van der Waals surface area (Å²) in [7, 11) is 0. The van der Waals surface area contributed by atoms with Crippen LogP contribution in [0.25, 0.3) is 0 Å². The van der Waals surface area contributed by atoms with E-state index in [4.69, 9.17) is 0 Å². The van der Waals surface area contributed by atoms with Gasteiger partial charge in [-0.15, -0.1) is 0 Å². The maximum atomic E-state index is 14.0. The average molecular weight is 343 g/mol. The zero-order valence-corrected chi connectivity index (χ0v) is 14.2. The molecule has 3 nitrogen and oxygen atoms in total. The lowest BCUT2D eigenvalue weighted by molar-refractivity contribution is 0.121. The lowest BCUT2D eigenvalue weighted by atomic mass is 9.94. The van der Waals surface area contributed by atoms with Gasteiger partial charge in [0.1, 0.15) is 11.6 Å². The Bertz CT molecular complexity index is 722. The molecule has 2 atom stereocenters. The van der Waals surface area contributed by atoms with Crippen LogP contribution in [0.15, 0.2) is 42.6 Å². The van der Waals surface area contributed by atoms with E-state index in [1.165, 1.54) is 12.5 Å². The molecule has 3 aliphatic heterocycles. The molecule has 2 aromatic rings. The van der Waals surface area contributed by atoms with Gasteiger partial charge in [-0.25, -0.2) is 8.78 Å². The third-order valence-corrected chi connectivity index (χ3v) is 5.40. The van der Waals surface area contributed by atoms with E-state index >= 15 is 0 Å². The molecule has 0 amide bonds. The Morgan fingerprint density at radius 2 is 1.92 bits per heavy atom. The van der Waals surface area contributed by atoms with Gasteiger partial charge in [-0.2, -0.15) is 0 Å². The molecule has 0 unspecified atom stereocenters. The Morgan fingerprint density at radius 1 is 1.00 bits per heavy atom. The Kier molecular flexibility index (Phi) is 4.77. The second-order valence-corrected chi connectivity index (χ2v) is 7.28. The summed E-state index contributed by atoms with van der Waals surface area (Å²) in [6, 6.07) is 10.4. The van der Waals surface area contributed by atoms with Gasteiger partial charge in [-0.05, 0) is 37.0 Å². The largest absolute Gasteiger partial charge is 0.296 e. The van der Waals surface area contributed by atoms with Crippen LogP contribution in [0, 0.1) is 17.6 Å². The van der Waals surface area contributed by atoms with Crippen LogP contribution < -0.4 is 0 Å². The zero-order chi connectivity index (χ0) is 17.2. The second kappa shape index (κ2) is 7.18. The third-order valence-electron chi connectivity index (χ3n) is 5.40. The number of halogens is 2. The number of hydrogen-bond donors (Lipinski definition) is 0. The van der Waals surface area contributed by atoms with Gasteiger partial charge >= 0.3 is 0 Å². The van der Waals surface area contributed by atoms with Gasteiger partial charge in [0.2, 0.25) is 0 Å². The van der Waals surface area contributed by atoms with Gasteiger partial charge in [-0.1, -0.05) is 12.1 Å². The minimum Gasteiger partial charge on any atom is -0.296 e. The highest BCUT2D eigenvalue weighted by atomic mass is 19.1. The van der Waals surface area contributed by atoms with Gasteiger partial charge in [0.15, 0.2) is 0 Å². The van der Waals surface area contributed by atoms with Crippen molar-refractivity contribution in [3.8, 4) is 0 Å². The maximum Gasteiger partial charge on any atom is 0.130 e. The highest BCUT2D eigenvalue weighted by molar-refractivity contribution is 5.19. The molecule has 0 radical (unpaired) electrons. The smallest absolute Gasteiger partial charge is 0.130 e. The molecule has 2 bridgehead atoms. The number of fused-ring (bicyclic) bond motifs is 4. The predicted octanol–water partition coefficient (Wildman–Crippen LogP) is 3.46. The van der Waals surface area contributed by atoms with Crippen LogP contribution >= 0.6 is 0 Å². The first-order valence-corrected chi connectivity index (χ1v) is 8.97. The van der Waals surface area contributed by atoms with Crippen molar-refractivity contribution in [2.24, 2.45) is 5.92 Å². The second-order valence-electron chi connectivity index (χ2n) is 7.28. The van der Waals surface area contributed by atoms with Crippen LogP contribution in [0.2, 0.25) is 0 Å². The van der Waals surface area contributed by atoms with Crippen molar-refractivity contribution in [1.29, 1.82) is 0 Å². The highest BCUT2D eigenvalue weighted by Crippen LogP contribution is 2.30. The van der Waals surface area contributed by atoms with Crippen molar-refractivity contribution in [2.75, 3.05) is 19.6 Å². The molecule has 3 fully saturated rings. The standard InChI is InChI=1S/C20H23F2N3/c21-17-6-5-16(20(22)9-17)12-25-11-15-4-7-19(25)14-24(10-15)13-18-3-1-2-8-23-18/h1-3,5-6,8-9,15,19H,4,7,10-14H2/t15-,19+/m0/s1. The summed E-state index contributed by atoms with van der Waals surface area (Å²) in [4.78, 5) is 9.30. The fourth-order valence-electron chi connectivity index (χ4n) is 4.19. The Hall–Kier alpha value is -1.85. The number of piperidine rings is 1. The minimum atomic E-state index is -0.514. The first kappa shape index (κ1) is 16.6. The van der Waals surface area contributed by atoms with Crippen molar-refractivity contribution in [2.45, 2.75) is 32.0 Å². The summed E-state index contributed by atoms with van der Waals surface area (Å²) in [5, 5.41) is 0. The fraction of sp³-hybridized carbons (Fsp3) is 0.450. The van der Waals surface area contributed by atoms with Gasteiger partial charge in [0.05, 0.1) is 5.69 Å². The number of rotatable bonds is 4. The van der Waals surface area contributed by atoms with E-state index in [9.17, 15) is 8.78 Å². The molecule has 132 valence electrons. The molecule has 0 N–H and O–H groups in total. The van der Waals surface area contributed by atoms with Crippen LogP contribution in [-0.4, -0.2) is 40.5 Å². The molecule has 0 spiro atoms. The molecule has 3 saturated heterocycles. The summed E-state index contributed by atoms with van der Waals surface area (Å²) in [6.07, 6.45) is 4.21. The van der Waals surface area contributed by atoms with Gasteiger partial charge in [-0.3, -0.25) is 14.8 Å². The first-order chi connectivity index (χ1) is 12.2. The van der Waals surface area contributed by atoms with E-state index in [0.29, 0.717) is 24.1 Å². The van der Waals surface area contributed by atoms with Crippen molar-refractivity contribution in [3.05, 3.63) is 65.5 Å². The molecule has 3 aliphatic rings. The number of pyridine rings is 1. The Labute approximate surface area is 147 Å². The van der Waals surface area contributed by atoms with E-state index in [-0.39, 0.29) is 0 Å². The van der Waals surface area contributed by atoms with Gasteiger partial charge in [0.25, 0.3) is 0 Å². The number of hydrogen-bond acceptors (Lipinski definition) is 3. The molecule has 0 saturated carbocycles. The average Bonchev–Trinajstić information content (AvgIpc) is 2.89. The number of aromatic nitrogens is 1. The normalized spacial score (nSPS) is 24.4. The molecular weight excluding hydrogens is 320 g/mol. The molecule has 1 aromatic carbocycles. The number of benzene rings is 1. The monoisotopic (exact) mass is 343 g/mol. The minimum absolute atomic E-state index is 0.423. The molecule has 5 heteroatoms.